The third-order valence-electron chi connectivity index (χ3n) is 4.71. The number of anilines is 1. The van der Waals surface area contributed by atoms with Crippen molar-refractivity contribution in [3.63, 3.8) is 0 Å². The molecule has 0 bridgehead atoms. The lowest BCUT2D eigenvalue weighted by Crippen LogP contribution is -2.38. The minimum Gasteiger partial charge on any atom is -0.383 e. The Balaban J connectivity index is 2.01. The molecule has 106 valence electrons. The Morgan fingerprint density at radius 2 is 2.32 bits per heavy atom. The molecule has 19 heavy (non-hydrogen) atoms. The third kappa shape index (κ3) is 3.69. The molecule has 1 fully saturated rings. The van der Waals surface area contributed by atoms with E-state index >= 15 is 0 Å². The van der Waals surface area contributed by atoms with Gasteiger partial charge in [0.05, 0.1) is 0 Å². The number of likely N-dealkylation sites (N-methyl/N-ethyl adjacent to an activating group) is 1. The summed E-state index contributed by atoms with van der Waals surface area (Å²) in [7, 11) is 2.08. The summed E-state index contributed by atoms with van der Waals surface area (Å²) in [5.74, 6) is 2.38. The van der Waals surface area contributed by atoms with Crippen molar-refractivity contribution in [3.8, 4) is 0 Å². The number of rotatable bonds is 5. The first-order chi connectivity index (χ1) is 9.24. The second kappa shape index (κ2) is 6.90. The lowest BCUT2D eigenvalue weighted by Gasteiger charge is -2.34. The van der Waals surface area contributed by atoms with E-state index in [1.807, 2.05) is 6.07 Å². The van der Waals surface area contributed by atoms with Crippen molar-refractivity contribution in [2.75, 3.05) is 12.8 Å². The zero-order chi connectivity index (χ0) is 13.7. The summed E-state index contributed by atoms with van der Waals surface area (Å²) in [4.78, 5) is 4.19. The van der Waals surface area contributed by atoms with Crippen molar-refractivity contribution < 1.29 is 0 Å². The van der Waals surface area contributed by atoms with Crippen LogP contribution in [0.1, 0.15) is 44.6 Å². The molecule has 0 spiro atoms. The van der Waals surface area contributed by atoms with E-state index in [4.69, 9.17) is 5.73 Å². The molecule has 1 aromatic heterocycles. The van der Waals surface area contributed by atoms with Gasteiger partial charge >= 0.3 is 0 Å². The number of nitrogens with one attached hydrogen (secondary N) is 1. The van der Waals surface area contributed by atoms with Crippen molar-refractivity contribution in [2.24, 2.45) is 11.8 Å². The molecular formula is C16H27N3. The lowest BCUT2D eigenvalue weighted by molar-refractivity contribution is 0.212. The van der Waals surface area contributed by atoms with Crippen molar-refractivity contribution in [2.45, 2.75) is 51.5 Å². The summed E-state index contributed by atoms with van der Waals surface area (Å²) in [6.07, 6.45) is 9.59. The van der Waals surface area contributed by atoms with Crippen LogP contribution in [0.5, 0.6) is 0 Å². The van der Waals surface area contributed by atoms with E-state index in [0.29, 0.717) is 11.9 Å². The quantitative estimate of drug-likeness (QED) is 0.856. The fraction of sp³-hybridized carbons (Fsp3) is 0.688. The Bertz CT molecular complexity index is 391. The molecule has 0 amide bonds. The van der Waals surface area contributed by atoms with Crippen LogP contribution in [-0.2, 0) is 6.42 Å². The van der Waals surface area contributed by atoms with Crippen molar-refractivity contribution in [1.82, 2.24) is 10.3 Å². The van der Waals surface area contributed by atoms with Crippen LogP contribution in [0, 0.1) is 11.8 Å². The van der Waals surface area contributed by atoms with Gasteiger partial charge in [-0.25, -0.2) is 4.98 Å². The molecule has 0 aromatic carbocycles. The highest BCUT2D eigenvalue weighted by Crippen LogP contribution is 2.34. The highest BCUT2D eigenvalue weighted by molar-refractivity contribution is 5.38. The molecule has 3 N–H and O–H groups in total. The molecule has 1 heterocycles. The zero-order valence-electron chi connectivity index (χ0n) is 12.2. The smallest absolute Gasteiger partial charge is 0.126 e. The zero-order valence-corrected chi connectivity index (χ0v) is 12.2. The van der Waals surface area contributed by atoms with Gasteiger partial charge in [-0.2, -0.15) is 0 Å². The van der Waals surface area contributed by atoms with E-state index < -0.39 is 0 Å². The van der Waals surface area contributed by atoms with Gasteiger partial charge in [-0.05, 0) is 49.8 Å². The van der Waals surface area contributed by atoms with Crippen LogP contribution in [0.3, 0.4) is 0 Å². The predicted molar refractivity (Wildman–Crippen MR) is 80.9 cm³/mol. The van der Waals surface area contributed by atoms with Gasteiger partial charge in [0.1, 0.15) is 5.82 Å². The van der Waals surface area contributed by atoms with Crippen LogP contribution in [0.25, 0.3) is 0 Å². The number of pyridine rings is 1. The van der Waals surface area contributed by atoms with E-state index in [2.05, 4.69) is 30.3 Å². The number of hydrogen-bond acceptors (Lipinski definition) is 3. The highest BCUT2D eigenvalue weighted by Gasteiger charge is 2.27. The van der Waals surface area contributed by atoms with Crippen LogP contribution < -0.4 is 11.1 Å². The fourth-order valence-electron chi connectivity index (χ4n) is 3.43. The second-order valence-corrected chi connectivity index (χ2v) is 5.85. The van der Waals surface area contributed by atoms with Gasteiger partial charge in [0.25, 0.3) is 0 Å². The summed E-state index contributed by atoms with van der Waals surface area (Å²) in [5, 5.41) is 3.51. The molecule has 0 radical (unpaired) electrons. The average molecular weight is 261 g/mol. The summed E-state index contributed by atoms with van der Waals surface area (Å²) in [6, 6.07) is 4.61. The van der Waals surface area contributed by atoms with Gasteiger partial charge in [0.15, 0.2) is 0 Å². The normalized spacial score (nSPS) is 25.2. The van der Waals surface area contributed by atoms with Crippen molar-refractivity contribution in [1.29, 1.82) is 0 Å². The van der Waals surface area contributed by atoms with Crippen LogP contribution >= 0.6 is 0 Å². The number of hydrogen-bond donors (Lipinski definition) is 2. The molecule has 2 rings (SSSR count). The Kier molecular flexibility index (Phi) is 5.20. The molecule has 3 unspecified atom stereocenters. The maximum Gasteiger partial charge on any atom is 0.126 e. The Labute approximate surface area is 117 Å². The summed E-state index contributed by atoms with van der Waals surface area (Å²) in [5.41, 5.74) is 7.15. The number of aromatic nitrogens is 1. The summed E-state index contributed by atoms with van der Waals surface area (Å²) >= 11 is 0. The Morgan fingerprint density at radius 1 is 1.47 bits per heavy atom. The molecular weight excluding hydrogens is 234 g/mol. The molecule has 1 aliphatic rings. The second-order valence-electron chi connectivity index (χ2n) is 5.85. The SMILES string of the molecule is CCC1CCCC(C(Cc2cccnc2N)NC)C1. The monoisotopic (exact) mass is 261 g/mol. The predicted octanol–water partition coefficient (Wildman–Crippen LogP) is 3.01. The molecule has 1 saturated carbocycles. The maximum absolute atomic E-state index is 5.97. The molecule has 0 saturated heterocycles. The topological polar surface area (TPSA) is 50.9 Å². The molecule has 3 nitrogen and oxygen atoms in total. The highest BCUT2D eigenvalue weighted by atomic mass is 14.9. The van der Waals surface area contributed by atoms with Crippen LogP contribution in [0.4, 0.5) is 5.82 Å². The van der Waals surface area contributed by atoms with Gasteiger partial charge in [0, 0.05) is 12.2 Å². The molecule has 3 heteroatoms. The standard InChI is InChI=1S/C16H27N3/c1-3-12-6-4-7-13(10-12)15(18-2)11-14-8-5-9-19-16(14)17/h5,8-9,12-13,15,18H,3-4,6-7,10-11H2,1-2H3,(H2,17,19). The minimum absolute atomic E-state index is 0.529. The van der Waals surface area contributed by atoms with Crippen molar-refractivity contribution in [3.05, 3.63) is 23.9 Å². The van der Waals surface area contributed by atoms with Gasteiger partial charge in [0.2, 0.25) is 0 Å². The number of nitrogen functional groups attached to an aromatic ring is 1. The van der Waals surface area contributed by atoms with Crippen molar-refractivity contribution >= 4 is 5.82 Å². The fourth-order valence-corrected chi connectivity index (χ4v) is 3.43. The molecule has 1 aliphatic carbocycles. The first kappa shape index (κ1) is 14.3. The first-order valence-corrected chi connectivity index (χ1v) is 7.61. The molecule has 1 aromatic rings. The molecule has 3 atom stereocenters. The number of nitrogens with zero attached hydrogens (tertiary/aromatic N) is 1. The van der Waals surface area contributed by atoms with E-state index in [1.54, 1.807) is 6.20 Å². The van der Waals surface area contributed by atoms with E-state index in [0.717, 1.165) is 18.3 Å². The van der Waals surface area contributed by atoms with E-state index in [-0.39, 0.29) is 0 Å². The maximum atomic E-state index is 5.97. The Morgan fingerprint density at radius 3 is 3.00 bits per heavy atom. The van der Waals surface area contributed by atoms with Crippen LogP contribution in [0.15, 0.2) is 18.3 Å². The minimum atomic E-state index is 0.529. The number of nitrogens with two attached hydrogens (primary N) is 1. The van der Waals surface area contributed by atoms with Crippen LogP contribution in [-0.4, -0.2) is 18.1 Å². The summed E-state index contributed by atoms with van der Waals surface area (Å²) < 4.78 is 0. The third-order valence-corrected chi connectivity index (χ3v) is 4.71. The van der Waals surface area contributed by atoms with Gasteiger partial charge in [-0.3, -0.25) is 0 Å². The molecule has 0 aliphatic heterocycles. The Hall–Kier alpha value is -1.09. The van der Waals surface area contributed by atoms with Gasteiger partial charge in [-0.1, -0.05) is 32.3 Å². The average Bonchev–Trinajstić information content (AvgIpc) is 2.46. The van der Waals surface area contributed by atoms with Crippen LogP contribution in [0.2, 0.25) is 0 Å². The largest absolute Gasteiger partial charge is 0.383 e. The van der Waals surface area contributed by atoms with E-state index in [9.17, 15) is 0 Å². The summed E-state index contributed by atoms with van der Waals surface area (Å²) in [6.45, 7) is 2.32. The lowest BCUT2D eigenvalue weighted by atomic mass is 9.75. The van der Waals surface area contributed by atoms with Gasteiger partial charge < -0.3 is 11.1 Å². The van der Waals surface area contributed by atoms with E-state index in [1.165, 1.54) is 37.7 Å². The van der Waals surface area contributed by atoms with Gasteiger partial charge in [-0.15, -0.1) is 0 Å². The first-order valence-electron chi connectivity index (χ1n) is 7.61.